The van der Waals surface area contributed by atoms with E-state index in [2.05, 4.69) is 12.2 Å². The van der Waals surface area contributed by atoms with Crippen LogP contribution in [0.5, 0.6) is 0 Å². The van der Waals surface area contributed by atoms with E-state index in [0.29, 0.717) is 5.22 Å². The van der Waals surface area contributed by atoms with Gasteiger partial charge in [-0.25, -0.2) is 0 Å². The fraction of sp³-hybridized carbons (Fsp3) is 0.600. The Morgan fingerprint density at radius 3 is 2.92 bits per heavy atom. The Labute approximate surface area is 83.3 Å². The van der Waals surface area contributed by atoms with E-state index in [9.17, 15) is 0 Å². The van der Waals surface area contributed by atoms with Crippen molar-refractivity contribution in [2.45, 2.75) is 19.9 Å². The van der Waals surface area contributed by atoms with Crippen molar-refractivity contribution in [2.75, 3.05) is 6.54 Å². The zero-order chi connectivity index (χ0) is 9.26. The highest BCUT2D eigenvalue weighted by molar-refractivity contribution is 6.28. The molecule has 1 aliphatic carbocycles. The van der Waals surface area contributed by atoms with Crippen LogP contribution >= 0.6 is 11.6 Å². The first-order valence-electron chi connectivity index (χ1n) is 4.70. The predicted molar refractivity (Wildman–Crippen MR) is 52.7 cm³/mol. The molecule has 0 saturated heterocycles. The number of rotatable bonds is 4. The molecule has 0 aromatic carbocycles. The fourth-order valence-corrected chi connectivity index (χ4v) is 1.67. The molecular formula is C10H14ClNO. The molecule has 0 aliphatic heterocycles. The molecule has 1 heterocycles. The quantitative estimate of drug-likeness (QED) is 0.807. The van der Waals surface area contributed by atoms with E-state index < -0.39 is 0 Å². The van der Waals surface area contributed by atoms with Gasteiger partial charge in [-0.05, 0) is 48.5 Å². The van der Waals surface area contributed by atoms with E-state index in [1.54, 1.807) is 6.07 Å². The Morgan fingerprint density at radius 2 is 2.38 bits per heavy atom. The Hall–Kier alpha value is -0.470. The second kappa shape index (κ2) is 3.72. The molecule has 2 atom stereocenters. The van der Waals surface area contributed by atoms with Crippen molar-refractivity contribution in [1.29, 1.82) is 0 Å². The Morgan fingerprint density at radius 1 is 1.62 bits per heavy atom. The standard InChI is InChI=1S/C10H14ClNO/c1-7-4-8(7)5-12-6-9-2-3-10(11)13-9/h2-3,7-8,12H,4-6H2,1H3. The summed E-state index contributed by atoms with van der Waals surface area (Å²) in [6.45, 7) is 4.17. The van der Waals surface area contributed by atoms with Gasteiger partial charge in [-0.2, -0.15) is 0 Å². The van der Waals surface area contributed by atoms with E-state index >= 15 is 0 Å². The molecule has 0 amide bonds. The maximum absolute atomic E-state index is 5.64. The Balaban J connectivity index is 1.68. The van der Waals surface area contributed by atoms with Crippen LogP contribution in [0.2, 0.25) is 5.22 Å². The van der Waals surface area contributed by atoms with E-state index in [1.807, 2.05) is 6.07 Å². The minimum atomic E-state index is 0.469. The summed E-state index contributed by atoms with van der Waals surface area (Å²) in [5, 5.41) is 3.82. The molecule has 0 radical (unpaired) electrons. The third kappa shape index (κ3) is 2.48. The summed E-state index contributed by atoms with van der Waals surface area (Å²) in [4.78, 5) is 0. The van der Waals surface area contributed by atoms with Gasteiger partial charge in [0.15, 0.2) is 5.22 Å². The molecule has 0 spiro atoms. The smallest absolute Gasteiger partial charge is 0.193 e. The maximum Gasteiger partial charge on any atom is 0.193 e. The van der Waals surface area contributed by atoms with Crippen molar-refractivity contribution in [3.63, 3.8) is 0 Å². The monoisotopic (exact) mass is 199 g/mol. The van der Waals surface area contributed by atoms with Gasteiger partial charge in [0, 0.05) is 0 Å². The molecule has 1 saturated carbocycles. The highest BCUT2D eigenvalue weighted by atomic mass is 35.5. The van der Waals surface area contributed by atoms with Crippen molar-refractivity contribution in [1.82, 2.24) is 5.32 Å². The van der Waals surface area contributed by atoms with Gasteiger partial charge in [0.1, 0.15) is 5.76 Å². The predicted octanol–water partition coefficient (Wildman–Crippen LogP) is 2.68. The molecular weight excluding hydrogens is 186 g/mol. The first-order valence-corrected chi connectivity index (χ1v) is 5.08. The molecule has 1 N–H and O–H groups in total. The van der Waals surface area contributed by atoms with Crippen LogP contribution in [0.15, 0.2) is 16.5 Å². The molecule has 72 valence electrons. The van der Waals surface area contributed by atoms with Crippen LogP contribution in [-0.2, 0) is 6.54 Å². The summed E-state index contributed by atoms with van der Waals surface area (Å²) in [6, 6.07) is 3.68. The third-order valence-corrected chi connectivity index (χ3v) is 2.81. The zero-order valence-corrected chi connectivity index (χ0v) is 8.47. The third-order valence-electron chi connectivity index (χ3n) is 2.61. The van der Waals surface area contributed by atoms with Crippen LogP contribution in [-0.4, -0.2) is 6.54 Å². The number of halogens is 1. The largest absolute Gasteiger partial charge is 0.448 e. The van der Waals surface area contributed by atoms with Gasteiger partial charge < -0.3 is 9.73 Å². The lowest BCUT2D eigenvalue weighted by Gasteiger charge is -1.99. The highest BCUT2D eigenvalue weighted by Crippen LogP contribution is 2.36. The summed E-state index contributed by atoms with van der Waals surface area (Å²) < 4.78 is 5.22. The van der Waals surface area contributed by atoms with Crippen LogP contribution < -0.4 is 5.32 Å². The number of furan rings is 1. The lowest BCUT2D eigenvalue weighted by atomic mass is 10.3. The lowest BCUT2D eigenvalue weighted by Crippen LogP contribution is -2.16. The second-order valence-electron chi connectivity index (χ2n) is 3.81. The van der Waals surface area contributed by atoms with Gasteiger partial charge in [0.25, 0.3) is 0 Å². The molecule has 13 heavy (non-hydrogen) atoms. The van der Waals surface area contributed by atoms with E-state index in [0.717, 1.165) is 30.7 Å². The van der Waals surface area contributed by atoms with Gasteiger partial charge in [-0.1, -0.05) is 6.92 Å². The molecule has 2 nitrogen and oxygen atoms in total. The van der Waals surface area contributed by atoms with E-state index in [-0.39, 0.29) is 0 Å². The summed E-state index contributed by atoms with van der Waals surface area (Å²) in [7, 11) is 0. The molecule has 1 aromatic heterocycles. The van der Waals surface area contributed by atoms with Gasteiger partial charge in [-0.3, -0.25) is 0 Å². The Kier molecular flexibility index (Phi) is 2.61. The van der Waals surface area contributed by atoms with Crippen LogP contribution in [0, 0.1) is 11.8 Å². The minimum Gasteiger partial charge on any atom is -0.448 e. The SMILES string of the molecule is CC1CC1CNCc1ccc(Cl)o1. The van der Waals surface area contributed by atoms with Gasteiger partial charge in [-0.15, -0.1) is 0 Å². The second-order valence-corrected chi connectivity index (χ2v) is 4.18. The van der Waals surface area contributed by atoms with E-state index in [1.165, 1.54) is 6.42 Å². The van der Waals surface area contributed by atoms with Crippen LogP contribution in [0.1, 0.15) is 19.1 Å². The summed E-state index contributed by atoms with van der Waals surface area (Å²) in [5.41, 5.74) is 0. The molecule has 1 aliphatic rings. The molecule has 2 unspecified atom stereocenters. The average molecular weight is 200 g/mol. The summed E-state index contributed by atoms with van der Waals surface area (Å²) in [6.07, 6.45) is 1.37. The van der Waals surface area contributed by atoms with Gasteiger partial charge in [0.2, 0.25) is 0 Å². The first-order chi connectivity index (χ1) is 6.25. The molecule has 2 rings (SSSR count). The zero-order valence-electron chi connectivity index (χ0n) is 7.72. The molecule has 3 heteroatoms. The van der Waals surface area contributed by atoms with Crippen LogP contribution in [0.4, 0.5) is 0 Å². The summed E-state index contributed by atoms with van der Waals surface area (Å²) >= 11 is 5.64. The minimum absolute atomic E-state index is 0.469. The topological polar surface area (TPSA) is 25.2 Å². The highest BCUT2D eigenvalue weighted by Gasteiger charge is 2.31. The van der Waals surface area contributed by atoms with E-state index in [4.69, 9.17) is 16.0 Å². The molecule has 0 bridgehead atoms. The number of hydrogen-bond donors (Lipinski definition) is 1. The van der Waals surface area contributed by atoms with Gasteiger partial charge in [0.05, 0.1) is 6.54 Å². The first kappa shape index (κ1) is 9.10. The van der Waals surface area contributed by atoms with Crippen LogP contribution in [0.3, 0.4) is 0 Å². The number of nitrogens with one attached hydrogen (secondary N) is 1. The van der Waals surface area contributed by atoms with Crippen molar-refractivity contribution >= 4 is 11.6 Å². The van der Waals surface area contributed by atoms with Gasteiger partial charge >= 0.3 is 0 Å². The number of hydrogen-bond acceptors (Lipinski definition) is 2. The molecule has 1 fully saturated rings. The van der Waals surface area contributed by atoms with Crippen molar-refractivity contribution < 1.29 is 4.42 Å². The van der Waals surface area contributed by atoms with Crippen molar-refractivity contribution in [3.05, 3.63) is 23.1 Å². The lowest BCUT2D eigenvalue weighted by molar-refractivity contribution is 0.477. The summed E-state index contributed by atoms with van der Waals surface area (Å²) in [5.74, 6) is 2.71. The normalized spacial score (nSPS) is 26.3. The average Bonchev–Trinajstić information content (AvgIpc) is 2.60. The van der Waals surface area contributed by atoms with Crippen molar-refractivity contribution in [2.24, 2.45) is 11.8 Å². The fourth-order valence-electron chi connectivity index (χ4n) is 1.51. The molecule has 1 aromatic rings. The Bertz CT molecular complexity index is 284. The van der Waals surface area contributed by atoms with Crippen molar-refractivity contribution in [3.8, 4) is 0 Å². The van der Waals surface area contributed by atoms with Crippen LogP contribution in [0.25, 0.3) is 0 Å². The maximum atomic E-state index is 5.64.